The van der Waals surface area contributed by atoms with E-state index in [1.165, 1.54) is 77.2 Å². The van der Waals surface area contributed by atoms with Crippen molar-refractivity contribution in [3.05, 3.63) is 0 Å². The Morgan fingerprint density at radius 3 is 2.63 bits per heavy atom. The molecule has 0 radical (unpaired) electrons. The average molecular weight is 266 g/mol. The first-order valence-corrected chi connectivity index (χ1v) is 8.82. The van der Waals surface area contributed by atoms with Gasteiger partial charge in [-0.25, -0.2) is 0 Å². The van der Waals surface area contributed by atoms with Crippen molar-refractivity contribution in [3.63, 3.8) is 0 Å². The fraction of sp³-hybridized carbons (Fsp3) is 1.00. The third kappa shape index (κ3) is 4.19. The molecule has 2 rings (SSSR count). The van der Waals surface area contributed by atoms with Gasteiger partial charge in [-0.05, 0) is 38.1 Å². The molecule has 0 spiro atoms. The van der Waals surface area contributed by atoms with E-state index in [-0.39, 0.29) is 0 Å². The fourth-order valence-electron chi connectivity index (χ4n) is 4.30. The molecule has 1 aliphatic carbocycles. The largest absolute Gasteiger partial charge is 0.329 e. The number of hydrogen-bond donors (Lipinski definition) is 1. The summed E-state index contributed by atoms with van der Waals surface area (Å²) in [4.78, 5) is 2.80. The highest BCUT2D eigenvalue weighted by Crippen LogP contribution is 2.37. The molecule has 112 valence electrons. The first kappa shape index (κ1) is 15.3. The molecule has 0 bridgehead atoms. The summed E-state index contributed by atoms with van der Waals surface area (Å²) < 4.78 is 0. The summed E-state index contributed by atoms with van der Waals surface area (Å²) in [6, 6.07) is 1.56. The lowest BCUT2D eigenvalue weighted by Crippen LogP contribution is -2.45. The molecule has 2 fully saturated rings. The number of hydrogen-bond acceptors (Lipinski definition) is 2. The van der Waals surface area contributed by atoms with Gasteiger partial charge >= 0.3 is 0 Å². The van der Waals surface area contributed by atoms with Crippen LogP contribution in [0.15, 0.2) is 0 Å². The summed E-state index contributed by atoms with van der Waals surface area (Å²) in [6.07, 6.45) is 15.6. The highest BCUT2D eigenvalue weighted by atomic mass is 15.2. The van der Waals surface area contributed by atoms with Crippen LogP contribution in [0.1, 0.15) is 77.6 Å². The minimum absolute atomic E-state index is 0.676. The molecule has 3 atom stereocenters. The van der Waals surface area contributed by atoms with E-state index in [0.717, 1.165) is 18.5 Å². The van der Waals surface area contributed by atoms with Gasteiger partial charge in [0.2, 0.25) is 0 Å². The quantitative estimate of drug-likeness (QED) is 0.674. The van der Waals surface area contributed by atoms with Crippen molar-refractivity contribution in [2.45, 2.75) is 89.6 Å². The van der Waals surface area contributed by atoms with E-state index in [4.69, 9.17) is 5.73 Å². The van der Waals surface area contributed by atoms with Crippen molar-refractivity contribution in [1.29, 1.82) is 0 Å². The lowest BCUT2D eigenvalue weighted by atomic mass is 9.85. The molecule has 0 amide bonds. The van der Waals surface area contributed by atoms with Crippen LogP contribution >= 0.6 is 0 Å². The Morgan fingerprint density at radius 1 is 1.05 bits per heavy atom. The lowest BCUT2D eigenvalue weighted by molar-refractivity contribution is 0.127. The number of likely N-dealkylation sites (tertiary alicyclic amines) is 1. The molecule has 1 saturated carbocycles. The molecule has 3 unspecified atom stereocenters. The van der Waals surface area contributed by atoms with Crippen molar-refractivity contribution in [1.82, 2.24) is 4.90 Å². The van der Waals surface area contributed by atoms with Gasteiger partial charge in [-0.1, -0.05) is 51.9 Å². The van der Waals surface area contributed by atoms with Crippen molar-refractivity contribution in [2.75, 3.05) is 13.1 Å². The smallest absolute Gasteiger partial charge is 0.0221 e. The maximum absolute atomic E-state index is 6.07. The van der Waals surface area contributed by atoms with E-state index in [9.17, 15) is 0 Å². The van der Waals surface area contributed by atoms with E-state index in [2.05, 4.69) is 11.8 Å². The summed E-state index contributed by atoms with van der Waals surface area (Å²) in [5.41, 5.74) is 6.07. The molecule has 2 N–H and O–H groups in total. The van der Waals surface area contributed by atoms with Crippen molar-refractivity contribution < 1.29 is 0 Å². The third-order valence-electron chi connectivity index (χ3n) is 5.44. The maximum atomic E-state index is 6.07. The number of rotatable bonds is 8. The highest BCUT2D eigenvalue weighted by molar-refractivity contribution is 4.93. The molecule has 1 saturated heterocycles. The molecule has 19 heavy (non-hydrogen) atoms. The molecule has 0 aromatic carbocycles. The second kappa shape index (κ2) is 8.26. The van der Waals surface area contributed by atoms with Crippen molar-refractivity contribution in [3.8, 4) is 0 Å². The minimum Gasteiger partial charge on any atom is -0.329 e. The molecular weight excluding hydrogens is 232 g/mol. The van der Waals surface area contributed by atoms with Crippen LogP contribution < -0.4 is 5.73 Å². The van der Waals surface area contributed by atoms with Crippen LogP contribution in [0.3, 0.4) is 0 Å². The Bertz CT molecular complexity index is 241. The Morgan fingerprint density at radius 2 is 1.84 bits per heavy atom. The summed E-state index contributed by atoms with van der Waals surface area (Å²) >= 11 is 0. The van der Waals surface area contributed by atoms with Gasteiger partial charge in [-0.15, -0.1) is 0 Å². The van der Waals surface area contributed by atoms with Crippen molar-refractivity contribution in [2.24, 2.45) is 11.7 Å². The van der Waals surface area contributed by atoms with Gasteiger partial charge < -0.3 is 5.73 Å². The van der Waals surface area contributed by atoms with Crippen LogP contribution in [0.5, 0.6) is 0 Å². The topological polar surface area (TPSA) is 29.3 Å². The van der Waals surface area contributed by atoms with E-state index in [0.29, 0.717) is 6.04 Å². The van der Waals surface area contributed by atoms with Gasteiger partial charge in [0.15, 0.2) is 0 Å². The SMILES string of the molecule is CCCCCCCC(CN)N1CCC2CCCCC21. The van der Waals surface area contributed by atoms with Gasteiger partial charge in [0.1, 0.15) is 0 Å². The van der Waals surface area contributed by atoms with E-state index in [1.54, 1.807) is 0 Å². The second-order valence-corrected chi connectivity index (χ2v) is 6.73. The predicted molar refractivity (Wildman–Crippen MR) is 83.3 cm³/mol. The molecular formula is C17H34N2. The number of nitrogens with two attached hydrogens (primary N) is 1. The zero-order valence-corrected chi connectivity index (χ0v) is 12.9. The standard InChI is InChI=1S/C17H34N2/c1-2-3-4-5-6-10-16(14-18)19-13-12-15-9-7-8-11-17(15)19/h15-17H,2-14,18H2,1H3. The first-order valence-electron chi connectivity index (χ1n) is 8.82. The van der Waals surface area contributed by atoms with Gasteiger partial charge in [0, 0.05) is 18.6 Å². The lowest BCUT2D eigenvalue weighted by Gasteiger charge is -2.36. The average Bonchev–Trinajstić information content (AvgIpc) is 2.87. The number of nitrogens with zero attached hydrogens (tertiary/aromatic N) is 1. The summed E-state index contributed by atoms with van der Waals surface area (Å²) in [5, 5.41) is 0. The van der Waals surface area contributed by atoms with Crippen LogP contribution in [0.2, 0.25) is 0 Å². The molecule has 1 heterocycles. The van der Waals surface area contributed by atoms with Gasteiger partial charge in [-0.3, -0.25) is 4.90 Å². The fourth-order valence-corrected chi connectivity index (χ4v) is 4.30. The van der Waals surface area contributed by atoms with Crippen LogP contribution in [0.4, 0.5) is 0 Å². The van der Waals surface area contributed by atoms with Gasteiger partial charge in [0.25, 0.3) is 0 Å². The third-order valence-corrected chi connectivity index (χ3v) is 5.44. The molecule has 2 aliphatic rings. The second-order valence-electron chi connectivity index (χ2n) is 6.73. The Labute approximate surface area is 120 Å². The minimum atomic E-state index is 0.676. The Hall–Kier alpha value is -0.0800. The van der Waals surface area contributed by atoms with Crippen LogP contribution in [0, 0.1) is 5.92 Å². The number of unbranched alkanes of at least 4 members (excludes halogenated alkanes) is 4. The summed E-state index contributed by atoms with van der Waals surface area (Å²) in [6.45, 7) is 4.49. The van der Waals surface area contributed by atoms with E-state index < -0.39 is 0 Å². The normalized spacial score (nSPS) is 29.4. The highest BCUT2D eigenvalue weighted by Gasteiger charge is 2.38. The van der Waals surface area contributed by atoms with E-state index in [1.807, 2.05) is 0 Å². The van der Waals surface area contributed by atoms with Gasteiger partial charge in [0.05, 0.1) is 0 Å². The number of fused-ring (bicyclic) bond motifs is 1. The molecule has 2 heteroatoms. The van der Waals surface area contributed by atoms with E-state index >= 15 is 0 Å². The molecule has 2 nitrogen and oxygen atoms in total. The van der Waals surface area contributed by atoms with Crippen LogP contribution in [0.25, 0.3) is 0 Å². The van der Waals surface area contributed by atoms with Crippen LogP contribution in [-0.4, -0.2) is 30.1 Å². The predicted octanol–water partition coefficient (Wildman–Crippen LogP) is 3.94. The van der Waals surface area contributed by atoms with Gasteiger partial charge in [-0.2, -0.15) is 0 Å². The first-order chi connectivity index (χ1) is 9.36. The van der Waals surface area contributed by atoms with Crippen molar-refractivity contribution >= 4 is 0 Å². The zero-order chi connectivity index (χ0) is 13.5. The molecule has 1 aliphatic heterocycles. The Kier molecular flexibility index (Phi) is 6.66. The summed E-state index contributed by atoms with van der Waals surface area (Å²) in [7, 11) is 0. The monoisotopic (exact) mass is 266 g/mol. The summed E-state index contributed by atoms with van der Waals surface area (Å²) in [5.74, 6) is 1.00. The molecule has 0 aromatic rings. The zero-order valence-electron chi connectivity index (χ0n) is 12.9. The maximum Gasteiger partial charge on any atom is 0.0221 e. The van der Waals surface area contributed by atoms with Crippen LogP contribution in [-0.2, 0) is 0 Å². The Balaban J connectivity index is 1.74. The molecule has 0 aromatic heterocycles.